The zero-order valence-corrected chi connectivity index (χ0v) is 14.2. The third-order valence-electron chi connectivity index (χ3n) is 3.04. The van der Waals surface area contributed by atoms with Crippen LogP contribution in [0, 0.1) is 0 Å². The average molecular weight is 330 g/mol. The molecule has 122 valence electrons. The van der Waals surface area contributed by atoms with Crippen molar-refractivity contribution in [2.75, 3.05) is 11.1 Å². The molecule has 0 saturated carbocycles. The molecule has 0 aromatic heterocycles. The van der Waals surface area contributed by atoms with Crippen LogP contribution in [0.5, 0.6) is 5.75 Å². The van der Waals surface area contributed by atoms with E-state index in [2.05, 4.69) is 5.32 Å². The van der Waals surface area contributed by atoms with Crippen LogP contribution in [0.2, 0.25) is 0 Å². The maximum atomic E-state index is 10.9. The van der Waals surface area contributed by atoms with E-state index in [0.29, 0.717) is 6.54 Å². The highest BCUT2D eigenvalue weighted by atomic mass is 32.2. The highest BCUT2D eigenvalue weighted by molar-refractivity contribution is 8.00. The lowest BCUT2D eigenvalue weighted by Crippen LogP contribution is -2.13. The van der Waals surface area contributed by atoms with Gasteiger partial charge in [0.05, 0.1) is 11.9 Å². The number of amides is 1. The molecular formula is C18H22N2O2S. The summed E-state index contributed by atoms with van der Waals surface area (Å²) >= 11 is 1.44. The van der Waals surface area contributed by atoms with Gasteiger partial charge in [-0.05, 0) is 43.7 Å². The highest BCUT2D eigenvalue weighted by Gasteiger charge is 2.04. The molecule has 2 aromatic carbocycles. The lowest BCUT2D eigenvalue weighted by molar-refractivity contribution is -0.115. The number of thioether (sulfide) groups is 1. The Morgan fingerprint density at radius 3 is 2.52 bits per heavy atom. The Kier molecular flexibility index (Phi) is 6.35. The first-order valence-electron chi connectivity index (χ1n) is 7.54. The second-order valence-corrected chi connectivity index (χ2v) is 6.43. The zero-order chi connectivity index (χ0) is 16.7. The fraction of sp³-hybridized carbons (Fsp3) is 0.278. The van der Waals surface area contributed by atoms with Crippen molar-refractivity contribution >= 4 is 23.4 Å². The normalized spacial score (nSPS) is 10.6. The Labute approximate surface area is 141 Å². The number of nitrogens with two attached hydrogens (primary N) is 1. The maximum absolute atomic E-state index is 10.9. The van der Waals surface area contributed by atoms with Gasteiger partial charge < -0.3 is 15.8 Å². The van der Waals surface area contributed by atoms with Crippen molar-refractivity contribution < 1.29 is 9.53 Å². The van der Waals surface area contributed by atoms with E-state index in [0.717, 1.165) is 21.9 Å². The number of anilines is 1. The second-order valence-electron chi connectivity index (χ2n) is 5.42. The molecule has 4 nitrogen and oxygen atoms in total. The molecule has 1 amide bonds. The van der Waals surface area contributed by atoms with Crippen LogP contribution >= 0.6 is 11.8 Å². The van der Waals surface area contributed by atoms with Crippen molar-refractivity contribution in [3.63, 3.8) is 0 Å². The second kappa shape index (κ2) is 8.48. The largest absolute Gasteiger partial charge is 0.491 e. The molecule has 0 bridgehead atoms. The van der Waals surface area contributed by atoms with Crippen LogP contribution in [-0.2, 0) is 11.3 Å². The summed E-state index contributed by atoms with van der Waals surface area (Å²) in [5.74, 6) is 0.839. The Morgan fingerprint density at radius 1 is 1.17 bits per heavy atom. The van der Waals surface area contributed by atoms with Gasteiger partial charge in [-0.1, -0.05) is 24.3 Å². The molecule has 23 heavy (non-hydrogen) atoms. The van der Waals surface area contributed by atoms with Crippen LogP contribution in [0.15, 0.2) is 53.4 Å². The van der Waals surface area contributed by atoms with Crippen LogP contribution in [-0.4, -0.2) is 17.8 Å². The molecule has 0 saturated heterocycles. The van der Waals surface area contributed by atoms with Crippen molar-refractivity contribution in [1.29, 1.82) is 0 Å². The number of primary amides is 1. The summed E-state index contributed by atoms with van der Waals surface area (Å²) in [6.45, 7) is 4.72. The van der Waals surface area contributed by atoms with E-state index >= 15 is 0 Å². The maximum Gasteiger partial charge on any atom is 0.227 e. The van der Waals surface area contributed by atoms with Crippen LogP contribution in [0.3, 0.4) is 0 Å². The first-order valence-corrected chi connectivity index (χ1v) is 8.53. The van der Waals surface area contributed by atoms with Crippen molar-refractivity contribution in [3.05, 3.63) is 54.1 Å². The minimum atomic E-state index is -0.314. The minimum Gasteiger partial charge on any atom is -0.491 e. The summed E-state index contributed by atoms with van der Waals surface area (Å²) in [5.41, 5.74) is 7.38. The van der Waals surface area contributed by atoms with Gasteiger partial charge >= 0.3 is 0 Å². The molecule has 3 N–H and O–H groups in total. The molecule has 0 aliphatic rings. The van der Waals surface area contributed by atoms with E-state index in [1.807, 2.05) is 62.4 Å². The molecule has 0 heterocycles. The molecule has 0 spiro atoms. The van der Waals surface area contributed by atoms with Crippen LogP contribution in [0.4, 0.5) is 5.69 Å². The fourth-order valence-corrected chi connectivity index (χ4v) is 2.81. The van der Waals surface area contributed by atoms with E-state index < -0.39 is 0 Å². The van der Waals surface area contributed by atoms with Gasteiger partial charge in [0.2, 0.25) is 5.91 Å². The smallest absolute Gasteiger partial charge is 0.227 e. The number of para-hydroxylation sites is 1. The van der Waals surface area contributed by atoms with E-state index in [1.54, 1.807) is 0 Å². The minimum absolute atomic E-state index is 0.174. The number of carbonyl (C=O) groups is 1. The first-order chi connectivity index (χ1) is 11.0. The van der Waals surface area contributed by atoms with Gasteiger partial charge in [0.1, 0.15) is 5.75 Å². The van der Waals surface area contributed by atoms with Crippen molar-refractivity contribution in [3.8, 4) is 5.75 Å². The quantitative estimate of drug-likeness (QED) is 0.725. The summed E-state index contributed by atoms with van der Waals surface area (Å²) in [4.78, 5) is 12.0. The third kappa shape index (κ3) is 5.87. The predicted molar refractivity (Wildman–Crippen MR) is 95.9 cm³/mol. The fourth-order valence-electron chi connectivity index (χ4n) is 2.04. The topological polar surface area (TPSA) is 64.3 Å². The molecule has 0 unspecified atom stereocenters. The molecule has 0 radical (unpaired) electrons. The Morgan fingerprint density at radius 2 is 1.87 bits per heavy atom. The van der Waals surface area contributed by atoms with Gasteiger partial charge in [0.25, 0.3) is 0 Å². The number of nitrogens with one attached hydrogen (secondary N) is 1. The standard InChI is InChI=1S/C18H22N2O2S/c1-13(2)22-15-9-7-14(8-10-15)11-20-16-5-3-4-6-17(16)23-12-18(19)21/h3-10,13,20H,11-12H2,1-2H3,(H2,19,21). The lowest BCUT2D eigenvalue weighted by Gasteiger charge is -2.12. The lowest BCUT2D eigenvalue weighted by atomic mass is 10.2. The summed E-state index contributed by atoms with van der Waals surface area (Å²) in [6.07, 6.45) is 0.174. The van der Waals surface area contributed by atoms with Crippen molar-refractivity contribution in [2.45, 2.75) is 31.4 Å². The molecule has 2 aromatic rings. The number of rotatable bonds is 8. The Balaban J connectivity index is 1.96. The first kappa shape index (κ1) is 17.2. The van der Waals surface area contributed by atoms with E-state index in [1.165, 1.54) is 11.8 Å². The molecule has 0 fully saturated rings. The SMILES string of the molecule is CC(C)Oc1ccc(CNc2ccccc2SCC(N)=O)cc1. The van der Waals surface area contributed by atoms with Crippen molar-refractivity contribution in [1.82, 2.24) is 0 Å². The molecule has 0 atom stereocenters. The van der Waals surface area contributed by atoms with E-state index in [9.17, 15) is 4.79 Å². The summed E-state index contributed by atoms with van der Waals surface area (Å²) < 4.78 is 5.64. The number of benzene rings is 2. The molecule has 0 aliphatic heterocycles. The number of hydrogen-bond donors (Lipinski definition) is 2. The number of carbonyl (C=O) groups excluding carboxylic acids is 1. The number of ether oxygens (including phenoxy) is 1. The third-order valence-corrected chi connectivity index (χ3v) is 4.13. The van der Waals surface area contributed by atoms with Crippen LogP contribution in [0.1, 0.15) is 19.4 Å². The van der Waals surface area contributed by atoms with Gasteiger partial charge in [-0.25, -0.2) is 0 Å². The molecule has 2 rings (SSSR count). The zero-order valence-electron chi connectivity index (χ0n) is 13.4. The molecule has 5 heteroatoms. The summed E-state index contributed by atoms with van der Waals surface area (Å²) in [7, 11) is 0. The van der Waals surface area contributed by atoms with Gasteiger partial charge in [0.15, 0.2) is 0 Å². The highest BCUT2D eigenvalue weighted by Crippen LogP contribution is 2.27. The monoisotopic (exact) mass is 330 g/mol. The van der Waals surface area contributed by atoms with Crippen molar-refractivity contribution in [2.24, 2.45) is 5.73 Å². The average Bonchev–Trinajstić information content (AvgIpc) is 2.52. The van der Waals surface area contributed by atoms with Gasteiger partial charge in [-0.3, -0.25) is 4.79 Å². The van der Waals surface area contributed by atoms with Gasteiger partial charge in [-0.15, -0.1) is 11.8 Å². The number of hydrogen-bond acceptors (Lipinski definition) is 4. The summed E-state index contributed by atoms with van der Waals surface area (Å²) in [6, 6.07) is 15.9. The van der Waals surface area contributed by atoms with E-state index in [4.69, 9.17) is 10.5 Å². The summed E-state index contributed by atoms with van der Waals surface area (Å²) in [5, 5.41) is 3.40. The predicted octanol–water partition coefficient (Wildman–Crippen LogP) is 3.66. The van der Waals surface area contributed by atoms with Gasteiger partial charge in [-0.2, -0.15) is 0 Å². The van der Waals surface area contributed by atoms with E-state index in [-0.39, 0.29) is 17.8 Å². The van der Waals surface area contributed by atoms with Crippen LogP contribution in [0.25, 0.3) is 0 Å². The Bertz CT molecular complexity index is 642. The molecular weight excluding hydrogens is 308 g/mol. The Hall–Kier alpha value is -2.14. The van der Waals surface area contributed by atoms with Gasteiger partial charge in [0, 0.05) is 17.1 Å². The van der Waals surface area contributed by atoms with Crippen LogP contribution < -0.4 is 15.8 Å². The molecule has 0 aliphatic carbocycles.